The summed E-state index contributed by atoms with van der Waals surface area (Å²) in [6, 6.07) is 10.3. The van der Waals surface area contributed by atoms with Crippen molar-refractivity contribution in [2.24, 2.45) is 0 Å². The predicted molar refractivity (Wildman–Crippen MR) is 69.1 cm³/mol. The van der Waals surface area contributed by atoms with Crippen molar-refractivity contribution in [3.63, 3.8) is 0 Å². The number of nitrogen functional groups attached to an aromatic ring is 1. The molecule has 0 saturated heterocycles. The number of nitrogens with zero attached hydrogens (tertiary/aromatic N) is 2. The average Bonchev–Trinajstić information content (AvgIpc) is 2.73. The Hall–Kier alpha value is -1.97. The Kier molecular flexibility index (Phi) is 3.32. The van der Waals surface area contributed by atoms with E-state index in [2.05, 4.69) is 34.3 Å². The summed E-state index contributed by atoms with van der Waals surface area (Å²) in [5.41, 5.74) is 8.86. The molecule has 0 saturated carbocycles. The molecule has 0 atom stereocenters. The van der Waals surface area contributed by atoms with Crippen LogP contribution >= 0.6 is 0 Å². The van der Waals surface area contributed by atoms with E-state index in [0.717, 1.165) is 18.5 Å². The van der Waals surface area contributed by atoms with Gasteiger partial charge in [0, 0.05) is 25.8 Å². The Morgan fingerprint density at radius 2 is 1.88 bits per heavy atom. The van der Waals surface area contributed by atoms with Gasteiger partial charge in [0.25, 0.3) is 0 Å². The summed E-state index contributed by atoms with van der Waals surface area (Å²) in [4.78, 5) is 2.09. The summed E-state index contributed by atoms with van der Waals surface area (Å²) >= 11 is 0. The molecule has 0 radical (unpaired) electrons. The van der Waals surface area contributed by atoms with Gasteiger partial charge in [-0.1, -0.05) is 17.3 Å². The van der Waals surface area contributed by atoms with Crippen molar-refractivity contribution in [2.75, 3.05) is 24.7 Å². The first kappa shape index (κ1) is 11.5. The predicted octanol–water partition coefficient (Wildman–Crippen LogP) is 2.11. The normalized spacial score (nSPS) is 10.5. The summed E-state index contributed by atoms with van der Waals surface area (Å²) < 4.78 is 4.82. The molecule has 2 N–H and O–H groups in total. The highest BCUT2D eigenvalue weighted by Crippen LogP contribution is 2.14. The minimum absolute atomic E-state index is 0.378. The van der Waals surface area contributed by atoms with Crippen LogP contribution in [0.1, 0.15) is 11.3 Å². The van der Waals surface area contributed by atoms with Crippen molar-refractivity contribution in [3.05, 3.63) is 41.6 Å². The quantitative estimate of drug-likeness (QED) is 0.875. The second kappa shape index (κ2) is 4.91. The van der Waals surface area contributed by atoms with E-state index in [4.69, 9.17) is 10.3 Å². The molecule has 0 bridgehead atoms. The van der Waals surface area contributed by atoms with Gasteiger partial charge >= 0.3 is 0 Å². The van der Waals surface area contributed by atoms with Gasteiger partial charge in [-0.2, -0.15) is 0 Å². The van der Waals surface area contributed by atoms with Crippen LogP contribution in [0.5, 0.6) is 0 Å². The van der Waals surface area contributed by atoms with Crippen LogP contribution in [0.3, 0.4) is 0 Å². The van der Waals surface area contributed by atoms with Crippen molar-refractivity contribution in [3.8, 4) is 0 Å². The molecule has 4 heteroatoms. The molecule has 0 aliphatic rings. The first-order valence-electron chi connectivity index (χ1n) is 5.62. The van der Waals surface area contributed by atoms with Gasteiger partial charge in [0.1, 0.15) is 0 Å². The van der Waals surface area contributed by atoms with Crippen molar-refractivity contribution >= 4 is 11.6 Å². The Labute approximate surface area is 101 Å². The highest BCUT2D eigenvalue weighted by molar-refractivity contribution is 5.46. The van der Waals surface area contributed by atoms with Crippen LogP contribution in [-0.2, 0) is 12.8 Å². The van der Waals surface area contributed by atoms with Crippen molar-refractivity contribution in [1.82, 2.24) is 5.16 Å². The van der Waals surface area contributed by atoms with Crippen molar-refractivity contribution < 1.29 is 4.52 Å². The van der Waals surface area contributed by atoms with Gasteiger partial charge in [0.05, 0.1) is 5.69 Å². The summed E-state index contributed by atoms with van der Waals surface area (Å²) in [6.07, 6.45) is 1.79. The third-order valence-corrected chi connectivity index (χ3v) is 2.70. The van der Waals surface area contributed by atoms with E-state index in [-0.39, 0.29) is 0 Å². The lowest BCUT2D eigenvalue weighted by molar-refractivity contribution is 0.427. The molecule has 0 unspecified atom stereocenters. The van der Waals surface area contributed by atoms with Crippen LogP contribution in [0.2, 0.25) is 0 Å². The average molecular weight is 231 g/mol. The lowest BCUT2D eigenvalue weighted by atomic mass is 10.1. The number of nitrogens with two attached hydrogens (primary N) is 1. The lowest BCUT2D eigenvalue weighted by Gasteiger charge is -2.12. The van der Waals surface area contributed by atoms with Gasteiger partial charge in [-0.25, -0.2) is 0 Å². The molecule has 0 aliphatic heterocycles. The maximum absolute atomic E-state index is 5.47. The molecule has 1 aromatic heterocycles. The van der Waals surface area contributed by atoms with E-state index in [1.54, 1.807) is 6.07 Å². The molecule has 4 nitrogen and oxygen atoms in total. The number of benzene rings is 1. The summed E-state index contributed by atoms with van der Waals surface area (Å²) in [5.74, 6) is 0.378. The standard InChI is InChI=1S/C13H17N3O/c1-16(2)12-7-4-10(5-8-12)3-6-11-9-13(14)17-15-11/h4-5,7-9H,3,6,14H2,1-2H3. The largest absolute Gasteiger partial charge is 0.378 e. The fourth-order valence-corrected chi connectivity index (χ4v) is 1.68. The number of hydrogen-bond acceptors (Lipinski definition) is 4. The molecule has 1 aromatic carbocycles. The third-order valence-electron chi connectivity index (χ3n) is 2.70. The topological polar surface area (TPSA) is 55.3 Å². The maximum Gasteiger partial charge on any atom is 0.222 e. The van der Waals surface area contributed by atoms with E-state index in [1.165, 1.54) is 11.3 Å². The van der Waals surface area contributed by atoms with Crippen LogP contribution in [0, 0.1) is 0 Å². The van der Waals surface area contributed by atoms with E-state index in [0.29, 0.717) is 5.88 Å². The number of rotatable bonds is 4. The van der Waals surface area contributed by atoms with Gasteiger partial charge in [-0.3, -0.25) is 0 Å². The molecule has 0 fully saturated rings. The monoisotopic (exact) mass is 231 g/mol. The molecular weight excluding hydrogens is 214 g/mol. The Morgan fingerprint density at radius 3 is 2.41 bits per heavy atom. The van der Waals surface area contributed by atoms with Gasteiger partial charge in [-0.15, -0.1) is 0 Å². The number of aryl methyl sites for hydroxylation is 2. The number of aromatic nitrogens is 1. The van der Waals surface area contributed by atoms with E-state index in [9.17, 15) is 0 Å². The van der Waals surface area contributed by atoms with Crippen LogP contribution in [0.25, 0.3) is 0 Å². The Morgan fingerprint density at radius 1 is 1.18 bits per heavy atom. The highest BCUT2D eigenvalue weighted by Gasteiger charge is 2.02. The van der Waals surface area contributed by atoms with E-state index in [1.807, 2.05) is 14.1 Å². The van der Waals surface area contributed by atoms with Crippen LogP contribution in [-0.4, -0.2) is 19.3 Å². The first-order valence-corrected chi connectivity index (χ1v) is 5.62. The second-order valence-corrected chi connectivity index (χ2v) is 4.28. The smallest absolute Gasteiger partial charge is 0.222 e. The van der Waals surface area contributed by atoms with Gasteiger partial charge in [-0.05, 0) is 30.5 Å². The van der Waals surface area contributed by atoms with E-state index >= 15 is 0 Å². The molecule has 0 amide bonds. The van der Waals surface area contributed by atoms with Crippen molar-refractivity contribution in [2.45, 2.75) is 12.8 Å². The Bertz CT molecular complexity index is 474. The summed E-state index contributed by atoms with van der Waals surface area (Å²) in [6.45, 7) is 0. The van der Waals surface area contributed by atoms with Crippen LogP contribution in [0.4, 0.5) is 11.6 Å². The van der Waals surface area contributed by atoms with Gasteiger partial charge in [0.2, 0.25) is 5.88 Å². The molecule has 0 aliphatic carbocycles. The van der Waals surface area contributed by atoms with Crippen molar-refractivity contribution in [1.29, 1.82) is 0 Å². The SMILES string of the molecule is CN(C)c1ccc(CCc2cc(N)on2)cc1. The number of anilines is 2. The number of hydrogen-bond donors (Lipinski definition) is 1. The van der Waals surface area contributed by atoms with Crippen LogP contribution < -0.4 is 10.6 Å². The Balaban J connectivity index is 1.95. The summed E-state index contributed by atoms with van der Waals surface area (Å²) in [7, 11) is 4.07. The zero-order valence-electron chi connectivity index (χ0n) is 10.2. The molecule has 0 spiro atoms. The second-order valence-electron chi connectivity index (χ2n) is 4.28. The minimum Gasteiger partial charge on any atom is -0.378 e. The zero-order chi connectivity index (χ0) is 12.3. The molecule has 2 aromatic rings. The minimum atomic E-state index is 0.378. The third kappa shape index (κ3) is 3.00. The molecule has 1 heterocycles. The first-order chi connectivity index (χ1) is 8.15. The van der Waals surface area contributed by atoms with Gasteiger partial charge in [0.15, 0.2) is 0 Å². The molecular formula is C13H17N3O. The van der Waals surface area contributed by atoms with Crippen LogP contribution in [0.15, 0.2) is 34.9 Å². The summed E-state index contributed by atoms with van der Waals surface area (Å²) in [5, 5.41) is 3.87. The fourth-order valence-electron chi connectivity index (χ4n) is 1.68. The molecule has 17 heavy (non-hydrogen) atoms. The maximum atomic E-state index is 5.47. The molecule has 2 rings (SSSR count). The highest BCUT2D eigenvalue weighted by atomic mass is 16.5. The lowest BCUT2D eigenvalue weighted by Crippen LogP contribution is -2.08. The zero-order valence-corrected chi connectivity index (χ0v) is 10.2. The fraction of sp³-hybridized carbons (Fsp3) is 0.308. The van der Waals surface area contributed by atoms with E-state index < -0.39 is 0 Å². The molecule has 90 valence electrons. The van der Waals surface area contributed by atoms with Gasteiger partial charge < -0.3 is 15.2 Å².